The molecule has 0 saturated heterocycles. The number of hydrogen-bond donors (Lipinski definition) is 0. The highest BCUT2D eigenvalue weighted by molar-refractivity contribution is 6.11. The molecule has 0 heterocycles. The summed E-state index contributed by atoms with van der Waals surface area (Å²) >= 11 is 0. The lowest BCUT2D eigenvalue weighted by Crippen LogP contribution is -2.36. The number of Topliss-reactive ketones (excluding diaryl/α,β-unsaturated/α-hetero) is 1. The fourth-order valence-corrected chi connectivity index (χ4v) is 3.21. The van der Waals surface area contributed by atoms with Gasteiger partial charge in [0, 0.05) is 11.8 Å². The first-order chi connectivity index (χ1) is 6.68. The number of carbonyl (C=O) groups is 2. The van der Waals surface area contributed by atoms with Crippen molar-refractivity contribution in [1.82, 2.24) is 0 Å². The summed E-state index contributed by atoms with van der Waals surface area (Å²) in [5.74, 6) is 0.995. The Bertz CT molecular complexity index is 389. The monoisotopic (exact) mass is 188 g/mol. The predicted molar refractivity (Wildman–Crippen MR) is 51.5 cm³/mol. The van der Waals surface area contributed by atoms with Crippen molar-refractivity contribution < 1.29 is 9.59 Å². The minimum absolute atomic E-state index is 0.0255. The van der Waals surface area contributed by atoms with Gasteiger partial charge in [0.1, 0.15) is 0 Å². The summed E-state index contributed by atoms with van der Waals surface area (Å²) in [6, 6.07) is 0. The van der Waals surface area contributed by atoms with Gasteiger partial charge in [0.2, 0.25) is 0 Å². The molecule has 0 radical (unpaired) electrons. The standard InChI is InChI=1S/C12H12O2/c1-6-4-9(13)10-7-2-3-8(5-7)11(10)12(6)14/h2-4,7-8,10-11H,5H2,1H3/t7-,8+,10+,11+/m1/s1. The van der Waals surface area contributed by atoms with Crippen molar-refractivity contribution in [3.05, 3.63) is 23.8 Å². The molecule has 3 aliphatic carbocycles. The summed E-state index contributed by atoms with van der Waals surface area (Å²) in [5.41, 5.74) is 0.650. The molecule has 0 spiro atoms. The highest BCUT2D eigenvalue weighted by atomic mass is 16.1. The van der Waals surface area contributed by atoms with Gasteiger partial charge < -0.3 is 0 Å². The van der Waals surface area contributed by atoms with Crippen LogP contribution >= 0.6 is 0 Å². The van der Waals surface area contributed by atoms with Gasteiger partial charge in [-0.1, -0.05) is 12.2 Å². The van der Waals surface area contributed by atoms with E-state index >= 15 is 0 Å². The number of allylic oxidation sites excluding steroid dienone is 4. The Hall–Kier alpha value is -1.18. The molecule has 0 aromatic rings. The lowest BCUT2D eigenvalue weighted by Gasteiger charge is -2.28. The highest BCUT2D eigenvalue weighted by Gasteiger charge is 2.52. The Kier molecular flexibility index (Phi) is 1.42. The molecule has 72 valence electrons. The van der Waals surface area contributed by atoms with E-state index in [1.807, 2.05) is 0 Å². The fourth-order valence-electron chi connectivity index (χ4n) is 3.21. The van der Waals surface area contributed by atoms with Crippen LogP contribution in [0.25, 0.3) is 0 Å². The van der Waals surface area contributed by atoms with E-state index in [9.17, 15) is 9.59 Å². The zero-order valence-electron chi connectivity index (χ0n) is 8.07. The van der Waals surface area contributed by atoms with Crippen LogP contribution in [0.15, 0.2) is 23.8 Å². The maximum absolute atomic E-state index is 11.9. The van der Waals surface area contributed by atoms with Crippen molar-refractivity contribution in [3.63, 3.8) is 0 Å². The van der Waals surface area contributed by atoms with E-state index in [4.69, 9.17) is 0 Å². The Labute approximate surface area is 82.7 Å². The summed E-state index contributed by atoms with van der Waals surface area (Å²) in [6.45, 7) is 1.76. The summed E-state index contributed by atoms with van der Waals surface area (Å²) in [4.78, 5) is 23.6. The third-order valence-corrected chi connectivity index (χ3v) is 3.84. The first-order valence-electron chi connectivity index (χ1n) is 5.13. The molecule has 0 unspecified atom stereocenters. The molecule has 0 aliphatic heterocycles. The average Bonchev–Trinajstić information content (AvgIpc) is 2.73. The van der Waals surface area contributed by atoms with Crippen molar-refractivity contribution in [3.8, 4) is 0 Å². The summed E-state index contributed by atoms with van der Waals surface area (Å²) in [5, 5.41) is 0. The van der Waals surface area contributed by atoms with E-state index in [2.05, 4.69) is 12.2 Å². The number of rotatable bonds is 0. The van der Waals surface area contributed by atoms with E-state index in [-0.39, 0.29) is 23.4 Å². The fraction of sp³-hybridized carbons (Fsp3) is 0.500. The molecule has 0 N–H and O–H groups in total. The van der Waals surface area contributed by atoms with Crippen molar-refractivity contribution in [1.29, 1.82) is 0 Å². The smallest absolute Gasteiger partial charge is 0.163 e. The van der Waals surface area contributed by atoms with Crippen LogP contribution < -0.4 is 0 Å². The van der Waals surface area contributed by atoms with Crippen LogP contribution in [0.1, 0.15) is 13.3 Å². The SMILES string of the molecule is CC1=CC(=O)[C@H]2[C@@H](C1=O)[C@H]1C=C[C@@H]2C1. The lowest BCUT2D eigenvalue weighted by atomic mass is 9.72. The molecule has 2 heteroatoms. The van der Waals surface area contributed by atoms with Gasteiger partial charge in [-0.2, -0.15) is 0 Å². The minimum atomic E-state index is -0.0267. The van der Waals surface area contributed by atoms with Gasteiger partial charge in [-0.3, -0.25) is 9.59 Å². The average molecular weight is 188 g/mol. The first kappa shape index (κ1) is 8.16. The van der Waals surface area contributed by atoms with E-state index in [0.717, 1.165) is 6.42 Å². The largest absolute Gasteiger partial charge is 0.294 e. The third-order valence-electron chi connectivity index (χ3n) is 3.84. The lowest BCUT2D eigenvalue weighted by molar-refractivity contribution is -0.130. The molecule has 14 heavy (non-hydrogen) atoms. The van der Waals surface area contributed by atoms with Gasteiger partial charge in [-0.25, -0.2) is 0 Å². The van der Waals surface area contributed by atoms with Crippen molar-refractivity contribution >= 4 is 11.6 Å². The molecule has 0 amide bonds. The van der Waals surface area contributed by atoms with Crippen LogP contribution in [0.5, 0.6) is 0 Å². The quantitative estimate of drug-likeness (QED) is 0.540. The second-order valence-corrected chi connectivity index (χ2v) is 4.59. The van der Waals surface area contributed by atoms with Crippen LogP contribution in [0.2, 0.25) is 0 Å². The second kappa shape index (κ2) is 2.44. The number of ketones is 2. The van der Waals surface area contributed by atoms with Gasteiger partial charge >= 0.3 is 0 Å². The van der Waals surface area contributed by atoms with Crippen molar-refractivity contribution in [2.24, 2.45) is 23.7 Å². The van der Waals surface area contributed by atoms with Crippen molar-refractivity contribution in [2.45, 2.75) is 13.3 Å². The molecule has 2 nitrogen and oxygen atoms in total. The summed E-state index contributed by atoms with van der Waals surface area (Å²) in [7, 11) is 0. The molecule has 3 aliphatic rings. The minimum Gasteiger partial charge on any atom is -0.294 e. The van der Waals surface area contributed by atoms with Gasteiger partial charge in [0.05, 0.1) is 0 Å². The zero-order valence-corrected chi connectivity index (χ0v) is 8.07. The molecule has 0 aromatic heterocycles. The maximum atomic E-state index is 11.9. The van der Waals surface area contributed by atoms with Gasteiger partial charge in [-0.15, -0.1) is 0 Å². The van der Waals surface area contributed by atoms with E-state index < -0.39 is 0 Å². The van der Waals surface area contributed by atoms with Crippen LogP contribution in [-0.2, 0) is 9.59 Å². The molecular formula is C12H12O2. The zero-order chi connectivity index (χ0) is 9.87. The van der Waals surface area contributed by atoms with Crippen LogP contribution in [0, 0.1) is 23.7 Å². The van der Waals surface area contributed by atoms with Crippen LogP contribution in [0.3, 0.4) is 0 Å². The van der Waals surface area contributed by atoms with E-state index in [0.29, 0.717) is 17.4 Å². The van der Waals surface area contributed by atoms with E-state index in [1.165, 1.54) is 6.08 Å². The summed E-state index contributed by atoms with van der Waals surface area (Å²) in [6.07, 6.45) is 6.78. The van der Waals surface area contributed by atoms with Gasteiger partial charge in [-0.05, 0) is 36.8 Å². The third kappa shape index (κ3) is 0.813. The number of fused-ring (bicyclic) bond motifs is 5. The van der Waals surface area contributed by atoms with E-state index in [1.54, 1.807) is 6.92 Å². The second-order valence-electron chi connectivity index (χ2n) is 4.59. The number of carbonyl (C=O) groups excluding carboxylic acids is 2. The molecule has 4 atom stereocenters. The Morgan fingerprint density at radius 3 is 2.50 bits per heavy atom. The highest BCUT2D eigenvalue weighted by Crippen LogP contribution is 2.51. The molecular weight excluding hydrogens is 176 g/mol. The first-order valence-corrected chi connectivity index (χ1v) is 5.13. The molecule has 2 bridgehead atoms. The van der Waals surface area contributed by atoms with Crippen LogP contribution in [0.4, 0.5) is 0 Å². The van der Waals surface area contributed by atoms with Crippen LogP contribution in [-0.4, -0.2) is 11.6 Å². The Balaban J connectivity index is 2.10. The molecule has 0 aromatic carbocycles. The maximum Gasteiger partial charge on any atom is 0.163 e. The van der Waals surface area contributed by atoms with Gasteiger partial charge in [0.25, 0.3) is 0 Å². The van der Waals surface area contributed by atoms with Gasteiger partial charge in [0.15, 0.2) is 11.6 Å². The Morgan fingerprint density at radius 1 is 1.14 bits per heavy atom. The Morgan fingerprint density at radius 2 is 1.79 bits per heavy atom. The van der Waals surface area contributed by atoms with Crippen molar-refractivity contribution in [2.75, 3.05) is 0 Å². The molecule has 1 saturated carbocycles. The topological polar surface area (TPSA) is 34.1 Å². The number of hydrogen-bond acceptors (Lipinski definition) is 2. The molecule has 3 rings (SSSR count). The molecule has 1 fully saturated rings. The predicted octanol–water partition coefficient (Wildman–Crippen LogP) is 1.52. The normalized spacial score (nSPS) is 44.2. The summed E-state index contributed by atoms with van der Waals surface area (Å²) < 4.78 is 0.